The third kappa shape index (κ3) is 3.75. The van der Waals surface area contributed by atoms with E-state index in [1.54, 1.807) is 12.4 Å². The highest BCUT2D eigenvalue weighted by atomic mass is 79.9. The number of aromatic nitrogens is 2. The number of H-pyrrole nitrogens is 1. The Kier molecular flexibility index (Phi) is 4.68. The highest BCUT2D eigenvalue weighted by molar-refractivity contribution is 9.10. The molecule has 7 heteroatoms. The number of aryl methyl sites for hydroxylation is 1. The van der Waals surface area contributed by atoms with E-state index in [-0.39, 0.29) is 5.91 Å². The Morgan fingerprint density at radius 1 is 1.39 bits per heavy atom. The van der Waals surface area contributed by atoms with Crippen molar-refractivity contribution in [2.75, 3.05) is 0 Å². The van der Waals surface area contributed by atoms with Gasteiger partial charge < -0.3 is 0 Å². The largest absolute Gasteiger partial charge is 0.277 e. The van der Waals surface area contributed by atoms with Gasteiger partial charge >= 0.3 is 0 Å². The van der Waals surface area contributed by atoms with Crippen LogP contribution in [0.15, 0.2) is 51.5 Å². The number of thiophene rings is 1. The van der Waals surface area contributed by atoms with E-state index in [1.165, 1.54) is 11.3 Å². The number of carbonyl (C=O) groups excluding carboxylic acids is 1. The monoisotopic (exact) mass is 388 g/mol. The molecule has 1 amide bonds. The van der Waals surface area contributed by atoms with Crippen LogP contribution in [-0.4, -0.2) is 22.3 Å². The minimum atomic E-state index is -0.223. The van der Waals surface area contributed by atoms with Gasteiger partial charge in [0.15, 0.2) is 0 Å². The summed E-state index contributed by atoms with van der Waals surface area (Å²) in [6.07, 6.45) is 3.25. The minimum absolute atomic E-state index is 0.223. The number of benzene rings is 1. The smallest absolute Gasteiger partial charge is 0.272 e. The molecule has 0 spiro atoms. The molecule has 0 radical (unpaired) electrons. The zero-order chi connectivity index (χ0) is 16.2. The molecular formula is C16H13BrN4OS. The molecule has 0 saturated carbocycles. The van der Waals surface area contributed by atoms with Gasteiger partial charge in [0.1, 0.15) is 0 Å². The SMILES string of the molecule is Cc1cc(C(=O)NN=Cc2cn[nH]c2-c2ccc(Br)cc2)cs1. The van der Waals surface area contributed by atoms with E-state index in [2.05, 4.69) is 36.7 Å². The summed E-state index contributed by atoms with van der Waals surface area (Å²) >= 11 is 4.94. The standard InChI is InChI=1S/C16H13BrN4OS/c1-10-6-12(9-23-10)16(22)21-19-8-13-7-18-20-15(13)11-2-4-14(17)5-3-11/h2-9H,1H3,(H,18,20)(H,21,22). The second kappa shape index (κ2) is 6.89. The first-order chi connectivity index (χ1) is 11.1. The molecule has 2 N–H and O–H groups in total. The van der Waals surface area contributed by atoms with Crippen LogP contribution in [0.2, 0.25) is 0 Å². The highest BCUT2D eigenvalue weighted by Gasteiger charge is 2.07. The highest BCUT2D eigenvalue weighted by Crippen LogP contribution is 2.22. The Morgan fingerprint density at radius 2 is 2.17 bits per heavy atom. The van der Waals surface area contributed by atoms with Crippen LogP contribution in [0, 0.1) is 6.92 Å². The number of nitrogens with zero attached hydrogens (tertiary/aromatic N) is 2. The third-order valence-corrected chi connectivity index (χ3v) is 4.55. The average Bonchev–Trinajstić information content (AvgIpc) is 3.17. The number of hydrogen-bond acceptors (Lipinski definition) is 4. The van der Waals surface area contributed by atoms with Crippen LogP contribution < -0.4 is 5.43 Å². The molecule has 2 aromatic heterocycles. The van der Waals surface area contributed by atoms with Gasteiger partial charge in [-0.05, 0) is 25.1 Å². The van der Waals surface area contributed by atoms with Gasteiger partial charge in [0.05, 0.1) is 23.7 Å². The zero-order valence-electron chi connectivity index (χ0n) is 12.2. The van der Waals surface area contributed by atoms with E-state index in [0.29, 0.717) is 5.56 Å². The van der Waals surface area contributed by atoms with Crippen LogP contribution in [0.3, 0.4) is 0 Å². The van der Waals surface area contributed by atoms with Gasteiger partial charge in [-0.15, -0.1) is 11.3 Å². The van der Waals surface area contributed by atoms with Crippen molar-refractivity contribution in [1.29, 1.82) is 0 Å². The van der Waals surface area contributed by atoms with Crippen molar-refractivity contribution >= 4 is 39.4 Å². The van der Waals surface area contributed by atoms with E-state index in [4.69, 9.17) is 0 Å². The fourth-order valence-electron chi connectivity index (χ4n) is 2.03. The summed E-state index contributed by atoms with van der Waals surface area (Å²) in [5.74, 6) is -0.223. The molecule has 0 saturated heterocycles. The summed E-state index contributed by atoms with van der Waals surface area (Å²) in [7, 11) is 0. The summed E-state index contributed by atoms with van der Waals surface area (Å²) in [5, 5.41) is 12.8. The Labute approximate surface area is 145 Å². The molecule has 3 aromatic rings. The number of nitrogens with one attached hydrogen (secondary N) is 2. The van der Waals surface area contributed by atoms with E-state index < -0.39 is 0 Å². The van der Waals surface area contributed by atoms with Crippen molar-refractivity contribution in [1.82, 2.24) is 15.6 Å². The summed E-state index contributed by atoms with van der Waals surface area (Å²) in [6, 6.07) is 9.69. The molecule has 0 aliphatic heterocycles. The summed E-state index contributed by atoms with van der Waals surface area (Å²) in [4.78, 5) is 13.0. The summed E-state index contributed by atoms with van der Waals surface area (Å²) in [6.45, 7) is 1.96. The fraction of sp³-hybridized carbons (Fsp3) is 0.0625. The zero-order valence-corrected chi connectivity index (χ0v) is 14.6. The Balaban J connectivity index is 1.72. The lowest BCUT2D eigenvalue weighted by Crippen LogP contribution is -2.16. The lowest BCUT2D eigenvalue weighted by atomic mass is 10.1. The second-order valence-corrected chi connectivity index (χ2v) is 6.88. The van der Waals surface area contributed by atoms with Crippen LogP contribution in [0.1, 0.15) is 20.8 Å². The van der Waals surface area contributed by atoms with E-state index in [1.807, 2.05) is 42.6 Å². The maximum Gasteiger partial charge on any atom is 0.272 e. The molecule has 0 fully saturated rings. The Morgan fingerprint density at radius 3 is 2.87 bits per heavy atom. The molecule has 5 nitrogen and oxygen atoms in total. The van der Waals surface area contributed by atoms with Crippen molar-refractivity contribution in [3.63, 3.8) is 0 Å². The van der Waals surface area contributed by atoms with Crippen molar-refractivity contribution in [3.05, 3.63) is 62.4 Å². The van der Waals surface area contributed by atoms with Gasteiger partial charge in [-0.25, -0.2) is 5.43 Å². The molecule has 0 bridgehead atoms. The summed E-state index contributed by atoms with van der Waals surface area (Å²) < 4.78 is 1.01. The number of rotatable bonds is 4. The first-order valence-corrected chi connectivity index (χ1v) is 8.48. The molecule has 2 heterocycles. The molecule has 0 aliphatic carbocycles. The van der Waals surface area contributed by atoms with Crippen LogP contribution >= 0.6 is 27.3 Å². The Bertz CT molecular complexity index is 851. The van der Waals surface area contributed by atoms with Crippen molar-refractivity contribution < 1.29 is 4.79 Å². The predicted octanol–water partition coefficient (Wildman–Crippen LogP) is 3.97. The van der Waals surface area contributed by atoms with Crippen molar-refractivity contribution in [3.8, 4) is 11.3 Å². The van der Waals surface area contributed by atoms with Crippen molar-refractivity contribution in [2.24, 2.45) is 5.10 Å². The third-order valence-electron chi connectivity index (χ3n) is 3.16. The molecule has 116 valence electrons. The van der Waals surface area contributed by atoms with E-state index >= 15 is 0 Å². The van der Waals surface area contributed by atoms with Gasteiger partial charge in [-0.2, -0.15) is 10.2 Å². The molecule has 23 heavy (non-hydrogen) atoms. The van der Waals surface area contributed by atoms with Gasteiger partial charge in [0.2, 0.25) is 0 Å². The molecule has 0 atom stereocenters. The van der Waals surface area contributed by atoms with E-state index in [0.717, 1.165) is 26.2 Å². The lowest BCUT2D eigenvalue weighted by molar-refractivity contribution is 0.0955. The van der Waals surface area contributed by atoms with Gasteiger partial charge in [0.25, 0.3) is 5.91 Å². The van der Waals surface area contributed by atoms with Crippen LogP contribution in [-0.2, 0) is 0 Å². The molecule has 1 aromatic carbocycles. The number of aromatic amines is 1. The maximum atomic E-state index is 11.9. The number of carbonyl (C=O) groups is 1. The van der Waals surface area contributed by atoms with Crippen LogP contribution in [0.4, 0.5) is 0 Å². The van der Waals surface area contributed by atoms with E-state index in [9.17, 15) is 4.79 Å². The minimum Gasteiger partial charge on any atom is -0.277 e. The first kappa shape index (κ1) is 15.6. The number of halogens is 1. The van der Waals surface area contributed by atoms with Gasteiger partial charge in [-0.3, -0.25) is 9.89 Å². The summed E-state index contributed by atoms with van der Waals surface area (Å²) in [5.41, 5.74) is 5.78. The molecule has 0 unspecified atom stereocenters. The fourth-order valence-corrected chi connectivity index (χ4v) is 2.98. The number of amides is 1. The topological polar surface area (TPSA) is 70.1 Å². The first-order valence-electron chi connectivity index (χ1n) is 6.81. The number of hydrogen-bond donors (Lipinski definition) is 2. The quantitative estimate of drug-likeness (QED) is 0.524. The predicted molar refractivity (Wildman–Crippen MR) is 95.8 cm³/mol. The lowest BCUT2D eigenvalue weighted by Gasteiger charge is -2.00. The molecule has 3 rings (SSSR count). The van der Waals surface area contributed by atoms with Crippen LogP contribution in [0.25, 0.3) is 11.3 Å². The van der Waals surface area contributed by atoms with Crippen molar-refractivity contribution in [2.45, 2.75) is 6.92 Å². The maximum absolute atomic E-state index is 11.9. The Hall–Kier alpha value is -2.25. The van der Waals surface area contributed by atoms with Gasteiger partial charge in [-0.1, -0.05) is 28.1 Å². The van der Waals surface area contributed by atoms with Gasteiger partial charge in [0, 0.05) is 25.9 Å². The second-order valence-electron chi connectivity index (χ2n) is 4.85. The average molecular weight is 389 g/mol. The van der Waals surface area contributed by atoms with Crippen LogP contribution in [0.5, 0.6) is 0 Å². The normalized spacial score (nSPS) is 11.0. The molecule has 0 aliphatic rings. The number of hydrazone groups is 1. The molecular weight excluding hydrogens is 376 g/mol.